The summed E-state index contributed by atoms with van der Waals surface area (Å²) in [5.41, 5.74) is 2.94. The standard InChI is InChI=1S/C21H31N3O3/c1-14(2)27-20-13-18-19(12-15(20)3)24(21(25)22-18)17-4-8-23(9-5-17)16-6-10-26-11-7-16/h12-14,16-17H,4-11H2,1-3H3,(H,22,25). The lowest BCUT2D eigenvalue weighted by Gasteiger charge is -2.39. The number of piperidine rings is 1. The molecular formula is C21H31N3O3. The van der Waals surface area contributed by atoms with Crippen molar-refractivity contribution >= 4 is 11.0 Å². The second-order valence-corrected chi connectivity index (χ2v) is 8.21. The summed E-state index contributed by atoms with van der Waals surface area (Å²) in [6.45, 7) is 9.96. The Kier molecular flexibility index (Phi) is 5.28. The Hall–Kier alpha value is -1.79. The molecule has 6 nitrogen and oxygen atoms in total. The molecule has 2 aliphatic heterocycles. The molecular weight excluding hydrogens is 342 g/mol. The molecule has 2 fully saturated rings. The van der Waals surface area contributed by atoms with Gasteiger partial charge in [0.1, 0.15) is 5.75 Å². The topological polar surface area (TPSA) is 59.5 Å². The Morgan fingerprint density at radius 3 is 2.48 bits per heavy atom. The van der Waals surface area contributed by atoms with E-state index in [1.807, 2.05) is 31.4 Å². The fourth-order valence-electron chi connectivity index (χ4n) is 4.56. The quantitative estimate of drug-likeness (QED) is 0.894. The van der Waals surface area contributed by atoms with Gasteiger partial charge in [-0.15, -0.1) is 0 Å². The summed E-state index contributed by atoms with van der Waals surface area (Å²) < 4.78 is 13.3. The highest BCUT2D eigenvalue weighted by atomic mass is 16.5. The minimum absolute atomic E-state index is 0.00406. The summed E-state index contributed by atoms with van der Waals surface area (Å²) in [4.78, 5) is 18.3. The molecule has 3 heterocycles. The average Bonchev–Trinajstić information content (AvgIpc) is 2.97. The third-order valence-electron chi connectivity index (χ3n) is 5.95. The van der Waals surface area contributed by atoms with E-state index < -0.39 is 0 Å². The molecule has 0 radical (unpaired) electrons. The molecule has 27 heavy (non-hydrogen) atoms. The first-order valence-corrected chi connectivity index (χ1v) is 10.3. The van der Waals surface area contributed by atoms with Crippen LogP contribution in [0.1, 0.15) is 51.1 Å². The summed E-state index contributed by atoms with van der Waals surface area (Å²) in [5, 5.41) is 0. The predicted molar refractivity (Wildman–Crippen MR) is 107 cm³/mol. The van der Waals surface area contributed by atoms with Gasteiger partial charge in [-0.2, -0.15) is 0 Å². The van der Waals surface area contributed by atoms with Crippen molar-refractivity contribution in [1.82, 2.24) is 14.5 Å². The van der Waals surface area contributed by atoms with Gasteiger partial charge in [-0.25, -0.2) is 4.79 Å². The second-order valence-electron chi connectivity index (χ2n) is 8.21. The molecule has 0 saturated carbocycles. The van der Waals surface area contributed by atoms with Crippen LogP contribution in [0.25, 0.3) is 11.0 Å². The summed E-state index contributed by atoms with van der Waals surface area (Å²) in [7, 11) is 0. The minimum Gasteiger partial charge on any atom is -0.491 e. The molecule has 0 bridgehead atoms. The van der Waals surface area contributed by atoms with Crippen LogP contribution in [0.15, 0.2) is 16.9 Å². The Morgan fingerprint density at radius 2 is 1.81 bits per heavy atom. The number of fused-ring (bicyclic) bond motifs is 1. The van der Waals surface area contributed by atoms with Crippen LogP contribution < -0.4 is 10.4 Å². The Bertz CT molecular complexity index is 840. The molecule has 1 N–H and O–H groups in total. The van der Waals surface area contributed by atoms with Gasteiger partial charge in [0.05, 0.1) is 17.1 Å². The van der Waals surface area contributed by atoms with Crippen molar-refractivity contribution in [2.45, 2.75) is 64.6 Å². The van der Waals surface area contributed by atoms with E-state index in [9.17, 15) is 4.79 Å². The Morgan fingerprint density at radius 1 is 1.11 bits per heavy atom. The maximum absolute atomic E-state index is 12.7. The van der Waals surface area contributed by atoms with Crippen molar-refractivity contribution in [3.63, 3.8) is 0 Å². The maximum Gasteiger partial charge on any atom is 0.326 e. The predicted octanol–water partition coefficient (Wildman–Crippen LogP) is 3.24. The number of nitrogens with one attached hydrogen (secondary N) is 1. The second kappa shape index (κ2) is 7.68. The number of ether oxygens (including phenoxy) is 2. The van der Waals surface area contributed by atoms with Gasteiger partial charge in [-0.05, 0) is 58.1 Å². The fourth-order valence-corrected chi connectivity index (χ4v) is 4.56. The Balaban J connectivity index is 1.54. The number of aryl methyl sites for hydroxylation is 1. The zero-order chi connectivity index (χ0) is 19.0. The molecule has 0 atom stereocenters. The minimum atomic E-state index is -0.00406. The summed E-state index contributed by atoms with van der Waals surface area (Å²) in [5.74, 6) is 0.847. The summed E-state index contributed by atoms with van der Waals surface area (Å²) >= 11 is 0. The normalized spacial score (nSPS) is 20.6. The van der Waals surface area contributed by atoms with E-state index in [2.05, 4.69) is 16.0 Å². The van der Waals surface area contributed by atoms with Gasteiger partial charge in [0, 0.05) is 44.5 Å². The molecule has 1 aromatic heterocycles. The number of hydrogen-bond donors (Lipinski definition) is 1. The van der Waals surface area contributed by atoms with Crippen LogP contribution in [-0.4, -0.2) is 52.9 Å². The molecule has 6 heteroatoms. The lowest BCUT2D eigenvalue weighted by molar-refractivity contribution is 0.0220. The zero-order valence-corrected chi connectivity index (χ0v) is 16.7. The van der Waals surface area contributed by atoms with Gasteiger partial charge < -0.3 is 19.4 Å². The van der Waals surface area contributed by atoms with Crippen LogP contribution in [0, 0.1) is 6.92 Å². The molecule has 2 aliphatic rings. The van der Waals surface area contributed by atoms with Crippen molar-refractivity contribution in [3.05, 3.63) is 28.2 Å². The number of benzene rings is 1. The van der Waals surface area contributed by atoms with Crippen molar-refractivity contribution < 1.29 is 9.47 Å². The summed E-state index contributed by atoms with van der Waals surface area (Å²) in [6.07, 6.45) is 4.43. The fraction of sp³-hybridized carbons (Fsp3) is 0.667. The first-order chi connectivity index (χ1) is 13.0. The Labute approximate surface area is 160 Å². The number of aromatic nitrogens is 2. The van der Waals surface area contributed by atoms with E-state index in [4.69, 9.17) is 9.47 Å². The SMILES string of the molecule is Cc1cc2c(cc1OC(C)C)[nH]c(=O)n2C1CCN(C2CCOCC2)CC1. The number of imidazole rings is 1. The van der Waals surface area contributed by atoms with Crippen molar-refractivity contribution in [2.24, 2.45) is 0 Å². The molecule has 0 amide bonds. The number of aromatic amines is 1. The van der Waals surface area contributed by atoms with E-state index >= 15 is 0 Å². The van der Waals surface area contributed by atoms with E-state index in [-0.39, 0.29) is 17.8 Å². The number of rotatable bonds is 4. The molecule has 2 aromatic rings. The monoisotopic (exact) mass is 373 g/mol. The maximum atomic E-state index is 12.7. The molecule has 0 spiro atoms. The van der Waals surface area contributed by atoms with Crippen molar-refractivity contribution in [1.29, 1.82) is 0 Å². The van der Waals surface area contributed by atoms with Crippen LogP contribution in [0.3, 0.4) is 0 Å². The lowest BCUT2D eigenvalue weighted by Crippen LogP contribution is -2.45. The van der Waals surface area contributed by atoms with Crippen LogP contribution in [0.4, 0.5) is 0 Å². The third kappa shape index (κ3) is 3.78. The average molecular weight is 373 g/mol. The number of H-pyrrole nitrogens is 1. The van der Waals surface area contributed by atoms with Crippen LogP contribution in [0.5, 0.6) is 5.75 Å². The zero-order valence-electron chi connectivity index (χ0n) is 16.7. The van der Waals surface area contributed by atoms with E-state index in [0.29, 0.717) is 6.04 Å². The number of nitrogens with zero attached hydrogens (tertiary/aromatic N) is 2. The van der Waals surface area contributed by atoms with Gasteiger partial charge in [-0.3, -0.25) is 4.57 Å². The summed E-state index contributed by atoms with van der Waals surface area (Å²) in [6, 6.07) is 4.98. The highest BCUT2D eigenvalue weighted by Crippen LogP contribution is 2.30. The van der Waals surface area contributed by atoms with Crippen molar-refractivity contribution in [2.75, 3.05) is 26.3 Å². The van der Waals surface area contributed by atoms with Crippen LogP contribution in [-0.2, 0) is 4.74 Å². The van der Waals surface area contributed by atoms with Gasteiger partial charge in [0.25, 0.3) is 0 Å². The van der Waals surface area contributed by atoms with E-state index in [1.54, 1.807) is 0 Å². The van der Waals surface area contributed by atoms with Crippen LogP contribution in [0.2, 0.25) is 0 Å². The third-order valence-corrected chi connectivity index (χ3v) is 5.95. The van der Waals surface area contributed by atoms with Gasteiger partial charge >= 0.3 is 5.69 Å². The van der Waals surface area contributed by atoms with Gasteiger partial charge in [0.15, 0.2) is 0 Å². The molecule has 1 aromatic carbocycles. The molecule has 2 saturated heterocycles. The van der Waals surface area contributed by atoms with Crippen LogP contribution >= 0.6 is 0 Å². The number of hydrogen-bond acceptors (Lipinski definition) is 4. The largest absolute Gasteiger partial charge is 0.491 e. The van der Waals surface area contributed by atoms with Gasteiger partial charge in [0.2, 0.25) is 0 Å². The molecule has 148 valence electrons. The first kappa shape index (κ1) is 18.6. The highest BCUT2D eigenvalue weighted by molar-refractivity contribution is 5.78. The molecule has 0 unspecified atom stereocenters. The first-order valence-electron chi connectivity index (χ1n) is 10.3. The smallest absolute Gasteiger partial charge is 0.326 e. The van der Waals surface area contributed by atoms with E-state index in [0.717, 1.165) is 74.3 Å². The van der Waals surface area contributed by atoms with Gasteiger partial charge in [-0.1, -0.05) is 0 Å². The van der Waals surface area contributed by atoms with Crippen molar-refractivity contribution in [3.8, 4) is 5.75 Å². The number of likely N-dealkylation sites (tertiary alicyclic amines) is 1. The molecule has 4 rings (SSSR count). The molecule has 0 aliphatic carbocycles. The lowest BCUT2D eigenvalue weighted by atomic mass is 9.99. The van der Waals surface area contributed by atoms with E-state index in [1.165, 1.54) is 0 Å². The highest BCUT2D eigenvalue weighted by Gasteiger charge is 2.28.